The second-order valence-electron chi connectivity index (χ2n) is 7.60. The Hall–Kier alpha value is -2.69. The number of aromatic nitrogens is 2. The Kier molecular flexibility index (Phi) is 4.18. The van der Waals surface area contributed by atoms with E-state index >= 15 is 0 Å². The molecule has 1 aromatic heterocycles. The van der Waals surface area contributed by atoms with Crippen molar-refractivity contribution in [1.29, 1.82) is 5.26 Å². The van der Waals surface area contributed by atoms with Crippen LogP contribution in [0.5, 0.6) is 0 Å². The van der Waals surface area contributed by atoms with Gasteiger partial charge in [-0.3, -0.25) is 4.79 Å². The number of fused-ring (bicyclic) bond motifs is 2. The number of carbonyl (C=O) groups excluding carboxylic acids is 1. The summed E-state index contributed by atoms with van der Waals surface area (Å²) in [6.45, 7) is 2.65. The molecule has 1 atom stereocenters. The summed E-state index contributed by atoms with van der Waals surface area (Å²) in [5.41, 5.74) is 4.10. The number of hydrogen-bond acceptors (Lipinski definition) is 6. The standard InChI is InChI=1S/C20H18ClN5O2/c21-14-1-12-3-15(4-16(12)13(2-14)5-22)24-20-23-6-17-18(25-20)8-26(19(17)27)7-11-9-28-10-11/h1-2,6,11,15H,3-4,7-10H2,(H,23,24,25). The lowest BCUT2D eigenvalue weighted by Gasteiger charge is -2.29. The van der Waals surface area contributed by atoms with Gasteiger partial charge in [0.25, 0.3) is 5.91 Å². The van der Waals surface area contributed by atoms with Gasteiger partial charge in [0.05, 0.1) is 42.6 Å². The van der Waals surface area contributed by atoms with Crippen LogP contribution in [0.1, 0.15) is 32.7 Å². The van der Waals surface area contributed by atoms with Crippen LogP contribution >= 0.6 is 11.6 Å². The molecule has 2 aliphatic heterocycles. The number of nitrogens with one attached hydrogen (secondary N) is 1. The zero-order valence-electron chi connectivity index (χ0n) is 15.1. The largest absolute Gasteiger partial charge is 0.381 e. The molecular formula is C20H18ClN5O2. The van der Waals surface area contributed by atoms with Crippen LogP contribution in [0.3, 0.4) is 0 Å². The number of nitrogens with zero attached hydrogens (tertiary/aromatic N) is 4. The molecule has 28 heavy (non-hydrogen) atoms. The van der Waals surface area contributed by atoms with Gasteiger partial charge in [0.15, 0.2) is 0 Å². The molecule has 8 heteroatoms. The predicted octanol–water partition coefficient (Wildman–Crippen LogP) is 2.18. The van der Waals surface area contributed by atoms with Gasteiger partial charge in [-0.1, -0.05) is 11.6 Å². The Morgan fingerprint density at radius 3 is 2.96 bits per heavy atom. The Morgan fingerprint density at radius 1 is 1.36 bits per heavy atom. The van der Waals surface area contributed by atoms with E-state index in [0.29, 0.717) is 41.1 Å². The van der Waals surface area contributed by atoms with Crippen LogP contribution < -0.4 is 5.32 Å². The lowest BCUT2D eigenvalue weighted by Crippen LogP contribution is -2.39. The summed E-state index contributed by atoms with van der Waals surface area (Å²) in [7, 11) is 0. The van der Waals surface area contributed by atoms with E-state index in [1.54, 1.807) is 12.3 Å². The van der Waals surface area contributed by atoms with Crippen molar-refractivity contribution in [2.75, 3.05) is 25.1 Å². The molecule has 1 unspecified atom stereocenters. The van der Waals surface area contributed by atoms with Crippen LogP contribution in [-0.2, 0) is 24.1 Å². The first kappa shape index (κ1) is 17.4. The molecule has 0 spiro atoms. The van der Waals surface area contributed by atoms with Gasteiger partial charge in [-0.25, -0.2) is 9.97 Å². The monoisotopic (exact) mass is 395 g/mol. The van der Waals surface area contributed by atoms with Gasteiger partial charge in [0.1, 0.15) is 0 Å². The molecule has 0 saturated carbocycles. The molecule has 7 nitrogen and oxygen atoms in total. The Morgan fingerprint density at radius 2 is 2.21 bits per heavy atom. The molecule has 2 aromatic rings. The van der Waals surface area contributed by atoms with E-state index in [0.717, 1.165) is 42.9 Å². The summed E-state index contributed by atoms with van der Waals surface area (Å²) in [6, 6.07) is 5.95. The Balaban J connectivity index is 1.30. The highest BCUT2D eigenvalue weighted by atomic mass is 35.5. The van der Waals surface area contributed by atoms with Gasteiger partial charge in [-0.2, -0.15) is 5.26 Å². The van der Waals surface area contributed by atoms with Crippen LogP contribution in [0, 0.1) is 17.2 Å². The molecule has 1 fully saturated rings. The zero-order chi connectivity index (χ0) is 19.3. The summed E-state index contributed by atoms with van der Waals surface area (Å²) in [5, 5.41) is 13.3. The lowest BCUT2D eigenvalue weighted by molar-refractivity contribution is -0.0433. The van der Waals surface area contributed by atoms with E-state index in [1.807, 2.05) is 11.0 Å². The first-order valence-electron chi connectivity index (χ1n) is 9.31. The number of carbonyl (C=O) groups is 1. The summed E-state index contributed by atoms with van der Waals surface area (Å²) in [4.78, 5) is 23.3. The second kappa shape index (κ2) is 6.73. The quantitative estimate of drug-likeness (QED) is 0.853. The average molecular weight is 396 g/mol. The fourth-order valence-corrected chi connectivity index (χ4v) is 4.38. The Labute approximate surface area is 167 Å². The number of hydrogen-bond donors (Lipinski definition) is 1. The lowest BCUT2D eigenvalue weighted by atomic mass is 10.0. The molecule has 0 bridgehead atoms. The van der Waals surface area contributed by atoms with Crippen molar-refractivity contribution in [1.82, 2.24) is 14.9 Å². The van der Waals surface area contributed by atoms with Crippen LogP contribution in [0.2, 0.25) is 5.02 Å². The van der Waals surface area contributed by atoms with E-state index in [4.69, 9.17) is 16.3 Å². The van der Waals surface area contributed by atoms with Gasteiger partial charge in [-0.05, 0) is 36.1 Å². The molecule has 1 amide bonds. The predicted molar refractivity (Wildman–Crippen MR) is 102 cm³/mol. The third kappa shape index (κ3) is 2.99. The minimum atomic E-state index is -0.00461. The maximum atomic E-state index is 12.5. The summed E-state index contributed by atoms with van der Waals surface area (Å²) >= 11 is 6.12. The first-order chi connectivity index (χ1) is 13.6. The smallest absolute Gasteiger partial charge is 0.257 e. The third-order valence-electron chi connectivity index (χ3n) is 5.59. The molecule has 1 N–H and O–H groups in total. The number of anilines is 1. The van der Waals surface area contributed by atoms with Crippen molar-refractivity contribution < 1.29 is 9.53 Å². The van der Waals surface area contributed by atoms with Crippen LogP contribution in [0.25, 0.3) is 0 Å². The van der Waals surface area contributed by atoms with Gasteiger partial charge in [0, 0.05) is 29.7 Å². The van der Waals surface area contributed by atoms with E-state index in [9.17, 15) is 10.1 Å². The highest BCUT2D eigenvalue weighted by Crippen LogP contribution is 2.30. The number of nitriles is 1. The summed E-state index contributed by atoms with van der Waals surface area (Å²) in [5.74, 6) is 0.930. The highest BCUT2D eigenvalue weighted by molar-refractivity contribution is 6.30. The number of amides is 1. The SMILES string of the molecule is N#Cc1cc(Cl)cc2c1CC(Nc1ncc3c(n1)CN(CC1COC1)C3=O)C2. The minimum absolute atomic E-state index is 0.00461. The molecule has 0 radical (unpaired) electrons. The summed E-state index contributed by atoms with van der Waals surface area (Å²) in [6.07, 6.45) is 3.10. The molecule has 3 heterocycles. The number of ether oxygens (including phenoxy) is 1. The maximum Gasteiger partial charge on any atom is 0.257 e. The van der Waals surface area contributed by atoms with Crippen LogP contribution in [0.15, 0.2) is 18.3 Å². The number of rotatable bonds is 4. The maximum absolute atomic E-state index is 12.5. The minimum Gasteiger partial charge on any atom is -0.381 e. The molecule has 1 aromatic carbocycles. The molecule has 3 aliphatic rings. The third-order valence-corrected chi connectivity index (χ3v) is 5.81. The summed E-state index contributed by atoms with van der Waals surface area (Å²) < 4.78 is 5.20. The molecular weight excluding hydrogens is 378 g/mol. The van der Waals surface area contributed by atoms with Crippen molar-refractivity contribution >= 4 is 23.5 Å². The number of halogens is 1. The molecule has 5 rings (SSSR count). The first-order valence-corrected chi connectivity index (χ1v) is 9.69. The van der Waals surface area contributed by atoms with E-state index in [2.05, 4.69) is 21.4 Å². The van der Waals surface area contributed by atoms with Gasteiger partial charge < -0.3 is 15.0 Å². The van der Waals surface area contributed by atoms with Crippen molar-refractivity contribution in [2.24, 2.45) is 5.92 Å². The fraction of sp³-hybridized carbons (Fsp3) is 0.400. The van der Waals surface area contributed by atoms with Crippen LogP contribution in [-0.4, -0.2) is 46.6 Å². The highest BCUT2D eigenvalue weighted by Gasteiger charge is 2.33. The van der Waals surface area contributed by atoms with Gasteiger partial charge in [0.2, 0.25) is 5.95 Å². The molecule has 1 saturated heterocycles. The molecule has 142 valence electrons. The van der Waals surface area contributed by atoms with E-state index in [1.165, 1.54) is 0 Å². The van der Waals surface area contributed by atoms with Crippen molar-refractivity contribution in [2.45, 2.75) is 25.4 Å². The van der Waals surface area contributed by atoms with Gasteiger partial charge >= 0.3 is 0 Å². The number of benzene rings is 1. The molecule has 1 aliphatic carbocycles. The van der Waals surface area contributed by atoms with E-state index < -0.39 is 0 Å². The topological polar surface area (TPSA) is 91.1 Å². The second-order valence-corrected chi connectivity index (χ2v) is 8.03. The van der Waals surface area contributed by atoms with Gasteiger partial charge in [-0.15, -0.1) is 0 Å². The van der Waals surface area contributed by atoms with E-state index in [-0.39, 0.29) is 11.9 Å². The normalized spacial score (nSPS) is 20.5. The van der Waals surface area contributed by atoms with Crippen molar-refractivity contribution in [3.63, 3.8) is 0 Å². The van der Waals surface area contributed by atoms with Crippen LogP contribution in [0.4, 0.5) is 5.95 Å². The van der Waals surface area contributed by atoms with Crippen molar-refractivity contribution in [3.8, 4) is 6.07 Å². The Bertz CT molecular complexity index is 1010. The van der Waals surface area contributed by atoms with Crippen molar-refractivity contribution in [3.05, 3.63) is 51.3 Å². The fourth-order valence-electron chi connectivity index (χ4n) is 4.14. The zero-order valence-corrected chi connectivity index (χ0v) is 15.9. The average Bonchev–Trinajstić information content (AvgIpc) is 3.17.